The zero-order valence-electron chi connectivity index (χ0n) is 17.6. The lowest BCUT2D eigenvalue weighted by Crippen LogP contribution is -2.29. The van der Waals surface area contributed by atoms with E-state index >= 15 is 0 Å². The second kappa shape index (κ2) is 9.49. The zero-order valence-corrected chi connectivity index (χ0v) is 18.4. The van der Waals surface area contributed by atoms with Crippen LogP contribution in [0.2, 0.25) is 0 Å². The summed E-state index contributed by atoms with van der Waals surface area (Å²) in [5, 5.41) is 4.92. The molecule has 0 bridgehead atoms. The maximum atomic E-state index is 12.8. The second-order valence-electron chi connectivity index (χ2n) is 6.90. The van der Waals surface area contributed by atoms with E-state index in [1.165, 1.54) is 22.0 Å². The smallest absolute Gasteiger partial charge is 0.263 e. The van der Waals surface area contributed by atoms with Crippen LogP contribution in [-0.4, -0.2) is 29.7 Å². The van der Waals surface area contributed by atoms with Gasteiger partial charge in [-0.2, -0.15) is 0 Å². The molecule has 2 aromatic heterocycles. The fourth-order valence-corrected chi connectivity index (χ4v) is 3.95. The molecule has 0 radical (unpaired) electrons. The number of thiazole rings is 1. The number of rotatable bonds is 7. The lowest BCUT2D eigenvalue weighted by atomic mass is 10.1. The Bertz CT molecular complexity index is 1300. The molecule has 0 aliphatic carbocycles. The Hall–Kier alpha value is -3.91. The van der Waals surface area contributed by atoms with E-state index < -0.39 is 5.91 Å². The Labute approximate surface area is 188 Å². The number of nitrogens with one attached hydrogen (secondary N) is 1. The first-order valence-corrected chi connectivity index (χ1v) is 10.7. The van der Waals surface area contributed by atoms with E-state index in [4.69, 9.17) is 9.47 Å². The largest absolute Gasteiger partial charge is 0.497 e. The zero-order chi connectivity index (χ0) is 22.5. The molecule has 0 fully saturated rings. The van der Waals surface area contributed by atoms with Gasteiger partial charge in [0.05, 0.1) is 26.5 Å². The van der Waals surface area contributed by atoms with Crippen LogP contribution in [0.1, 0.15) is 15.9 Å². The standard InChI is InChI=1S/C24H21N3O4S/c1-30-17-10-11-21(31-2)19(13-17)20-15-32-24(25-20)26-22(28)18-9-6-12-27(23(18)29)14-16-7-4-3-5-8-16/h3-13,15H,14H2,1-2H3,(H,25,26,28). The molecular formula is C24H21N3O4S. The molecule has 0 unspecified atom stereocenters. The number of pyridine rings is 1. The second-order valence-corrected chi connectivity index (χ2v) is 7.76. The van der Waals surface area contributed by atoms with Crippen LogP contribution in [0.3, 0.4) is 0 Å². The van der Waals surface area contributed by atoms with E-state index in [-0.39, 0.29) is 11.1 Å². The highest BCUT2D eigenvalue weighted by Gasteiger charge is 2.16. The summed E-state index contributed by atoms with van der Waals surface area (Å²) in [6.45, 7) is 0.387. The molecule has 4 aromatic rings. The van der Waals surface area contributed by atoms with Crippen LogP contribution in [0.5, 0.6) is 11.5 Å². The van der Waals surface area contributed by atoms with Crippen LogP contribution < -0.4 is 20.3 Å². The summed E-state index contributed by atoms with van der Waals surface area (Å²) in [5.41, 5.74) is 2.05. The van der Waals surface area contributed by atoms with E-state index in [2.05, 4.69) is 10.3 Å². The summed E-state index contributed by atoms with van der Waals surface area (Å²) in [5.74, 6) is 0.805. The highest BCUT2D eigenvalue weighted by molar-refractivity contribution is 7.14. The van der Waals surface area contributed by atoms with Crippen molar-refractivity contribution in [2.24, 2.45) is 0 Å². The summed E-state index contributed by atoms with van der Waals surface area (Å²) in [4.78, 5) is 30.1. The maximum Gasteiger partial charge on any atom is 0.263 e. The van der Waals surface area contributed by atoms with E-state index in [1.54, 1.807) is 38.6 Å². The predicted molar refractivity (Wildman–Crippen MR) is 125 cm³/mol. The lowest BCUT2D eigenvalue weighted by molar-refractivity contribution is 0.102. The molecule has 0 saturated carbocycles. The normalized spacial score (nSPS) is 10.6. The maximum absolute atomic E-state index is 12.8. The fraction of sp³-hybridized carbons (Fsp3) is 0.125. The van der Waals surface area contributed by atoms with Gasteiger partial charge in [-0.25, -0.2) is 4.98 Å². The van der Waals surface area contributed by atoms with E-state index in [0.29, 0.717) is 28.9 Å². The summed E-state index contributed by atoms with van der Waals surface area (Å²) in [6, 6.07) is 18.2. The molecular weight excluding hydrogens is 426 g/mol. The van der Waals surface area contributed by atoms with Crippen molar-refractivity contribution in [1.82, 2.24) is 9.55 Å². The minimum absolute atomic E-state index is 0.0548. The Kier molecular flexibility index (Phi) is 6.32. The van der Waals surface area contributed by atoms with Gasteiger partial charge >= 0.3 is 0 Å². The van der Waals surface area contributed by atoms with E-state index in [0.717, 1.165) is 11.1 Å². The van der Waals surface area contributed by atoms with Gasteiger partial charge in [-0.1, -0.05) is 30.3 Å². The average molecular weight is 448 g/mol. The van der Waals surface area contributed by atoms with Gasteiger partial charge in [0.1, 0.15) is 17.1 Å². The average Bonchev–Trinajstić information content (AvgIpc) is 3.28. The van der Waals surface area contributed by atoms with Crippen molar-refractivity contribution in [3.63, 3.8) is 0 Å². The van der Waals surface area contributed by atoms with E-state index in [1.807, 2.05) is 41.8 Å². The van der Waals surface area contributed by atoms with Crippen molar-refractivity contribution in [1.29, 1.82) is 0 Å². The topological polar surface area (TPSA) is 82.5 Å². The Morgan fingerprint density at radius 2 is 1.88 bits per heavy atom. The summed E-state index contributed by atoms with van der Waals surface area (Å²) in [6.07, 6.45) is 1.67. The quantitative estimate of drug-likeness (QED) is 0.457. The van der Waals surface area contributed by atoms with Crippen LogP contribution in [-0.2, 0) is 6.54 Å². The van der Waals surface area contributed by atoms with Crippen LogP contribution in [0.4, 0.5) is 5.13 Å². The third-order valence-corrected chi connectivity index (χ3v) is 5.63. The molecule has 2 aromatic carbocycles. The number of methoxy groups -OCH3 is 2. The molecule has 0 saturated heterocycles. The van der Waals surface area contributed by atoms with Crippen molar-refractivity contribution in [2.45, 2.75) is 6.54 Å². The number of amides is 1. The van der Waals surface area contributed by atoms with Gasteiger partial charge in [-0.3, -0.25) is 14.9 Å². The first-order valence-electron chi connectivity index (χ1n) is 9.81. The number of ether oxygens (including phenoxy) is 2. The van der Waals surface area contributed by atoms with Crippen LogP contribution in [0.25, 0.3) is 11.3 Å². The molecule has 0 aliphatic rings. The van der Waals surface area contributed by atoms with Crippen molar-refractivity contribution >= 4 is 22.4 Å². The summed E-state index contributed by atoms with van der Waals surface area (Å²) < 4.78 is 12.2. The van der Waals surface area contributed by atoms with Crippen molar-refractivity contribution in [3.05, 3.63) is 93.7 Å². The number of hydrogen-bond acceptors (Lipinski definition) is 6. The highest BCUT2D eigenvalue weighted by Crippen LogP contribution is 2.35. The number of aromatic nitrogens is 2. The summed E-state index contributed by atoms with van der Waals surface area (Å²) >= 11 is 1.26. The van der Waals surface area contributed by atoms with Gasteiger partial charge in [-0.15, -0.1) is 11.3 Å². The molecule has 1 N–H and O–H groups in total. The van der Waals surface area contributed by atoms with Crippen LogP contribution in [0, 0.1) is 0 Å². The molecule has 32 heavy (non-hydrogen) atoms. The van der Waals surface area contributed by atoms with Gasteiger partial charge in [0.15, 0.2) is 5.13 Å². The molecule has 0 spiro atoms. The molecule has 0 atom stereocenters. The molecule has 8 heteroatoms. The molecule has 4 rings (SSSR count). The third kappa shape index (κ3) is 4.55. The van der Waals surface area contributed by atoms with Crippen molar-refractivity contribution < 1.29 is 14.3 Å². The Morgan fingerprint density at radius 1 is 1.06 bits per heavy atom. The predicted octanol–water partition coefficient (Wildman–Crippen LogP) is 4.29. The Morgan fingerprint density at radius 3 is 2.62 bits per heavy atom. The fourth-order valence-electron chi connectivity index (χ4n) is 3.25. The lowest BCUT2D eigenvalue weighted by Gasteiger charge is -2.09. The monoisotopic (exact) mass is 447 g/mol. The highest BCUT2D eigenvalue weighted by atomic mass is 32.1. The van der Waals surface area contributed by atoms with Gasteiger partial charge in [-0.05, 0) is 35.9 Å². The molecule has 2 heterocycles. The number of carbonyl (C=O) groups is 1. The molecule has 7 nitrogen and oxygen atoms in total. The number of anilines is 1. The first kappa shape index (κ1) is 21.3. The van der Waals surface area contributed by atoms with Gasteiger partial charge in [0.2, 0.25) is 0 Å². The number of hydrogen-bond donors (Lipinski definition) is 1. The SMILES string of the molecule is COc1ccc(OC)c(-c2csc(NC(=O)c3cccn(Cc4ccccc4)c3=O)n2)c1. The molecule has 162 valence electrons. The Balaban J connectivity index is 1.56. The van der Waals surface area contributed by atoms with Crippen molar-refractivity contribution in [2.75, 3.05) is 19.5 Å². The van der Waals surface area contributed by atoms with Gasteiger partial charge < -0.3 is 14.0 Å². The molecule has 0 aliphatic heterocycles. The van der Waals surface area contributed by atoms with E-state index in [9.17, 15) is 9.59 Å². The van der Waals surface area contributed by atoms with Crippen LogP contribution >= 0.6 is 11.3 Å². The minimum Gasteiger partial charge on any atom is -0.497 e. The van der Waals surface area contributed by atoms with Crippen molar-refractivity contribution in [3.8, 4) is 22.8 Å². The number of benzene rings is 2. The third-order valence-electron chi connectivity index (χ3n) is 4.87. The van der Waals surface area contributed by atoms with Crippen LogP contribution in [0.15, 0.2) is 77.0 Å². The summed E-state index contributed by atoms with van der Waals surface area (Å²) in [7, 11) is 3.17. The first-order chi connectivity index (χ1) is 15.6. The number of carbonyl (C=O) groups excluding carboxylic acids is 1. The molecule has 1 amide bonds. The minimum atomic E-state index is -0.504. The van der Waals surface area contributed by atoms with Gasteiger partial charge in [0.25, 0.3) is 11.5 Å². The van der Waals surface area contributed by atoms with Gasteiger partial charge in [0, 0.05) is 17.1 Å². The number of nitrogens with zero attached hydrogens (tertiary/aromatic N) is 2.